The van der Waals surface area contributed by atoms with Crippen molar-refractivity contribution in [1.29, 1.82) is 0 Å². The molecule has 0 aromatic heterocycles. The third-order valence-corrected chi connectivity index (χ3v) is 1.38. The van der Waals surface area contributed by atoms with Gasteiger partial charge in [0.05, 0.1) is 0 Å². The molecular formula is C13H27F9. The summed E-state index contributed by atoms with van der Waals surface area (Å²) >= 11 is 0. The van der Waals surface area contributed by atoms with Gasteiger partial charge in [0, 0.05) is 6.42 Å². The van der Waals surface area contributed by atoms with Crippen molar-refractivity contribution < 1.29 is 39.5 Å². The van der Waals surface area contributed by atoms with Crippen molar-refractivity contribution in [2.75, 3.05) is 0 Å². The summed E-state index contributed by atoms with van der Waals surface area (Å²) in [5.74, 6) is -3.24. The molecular weight excluding hydrogens is 327 g/mol. The Morgan fingerprint density at radius 1 is 0.591 bits per heavy atom. The molecule has 0 aromatic rings. The predicted molar refractivity (Wildman–Crippen MR) is 71.7 cm³/mol. The van der Waals surface area contributed by atoms with E-state index in [4.69, 9.17) is 0 Å². The number of halogens is 9. The molecule has 0 unspecified atom stereocenters. The zero-order chi connectivity index (χ0) is 19.8. The van der Waals surface area contributed by atoms with E-state index in [1.807, 2.05) is 41.5 Å². The molecule has 0 bridgehead atoms. The van der Waals surface area contributed by atoms with Gasteiger partial charge in [-0.15, -0.1) is 0 Å². The molecule has 0 aliphatic carbocycles. The largest absolute Gasteiger partial charge is 0.400 e. The zero-order valence-electron chi connectivity index (χ0n) is 14.2. The van der Waals surface area contributed by atoms with Crippen LogP contribution in [0.15, 0.2) is 0 Å². The van der Waals surface area contributed by atoms with E-state index in [1.54, 1.807) is 0 Å². The molecule has 0 saturated carbocycles. The van der Waals surface area contributed by atoms with Crippen LogP contribution in [0.1, 0.15) is 61.8 Å². The molecule has 0 N–H and O–H groups in total. The Bertz CT molecular complexity index is 175. The smallest absolute Gasteiger partial charge is 0.171 e. The molecule has 0 aromatic carbocycles. The van der Waals surface area contributed by atoms with Crippen molar-refractivity contribution >= 4 is 0 Å². The van der Waals surface area contributed by atoms with Gasteiger partial charge in [0.25, 0.3) is 0 Å². The van der Waals surface area contributed by atoms with Gasteiger partial charge in [-0.05, 0) is 6.92 Å². The second-order valence-electron chi connectivity index (χ2n) is 2.77. The molecule has 22 heavy (non-hydrogen) atoms. The van der Waals surface area contributed by atoms with Crippen LogP contribution in [0.5, 0.6) is 0 Å². The fraction of sp³-hybridized carbons (Fsp3) is 1.00. The van der Waals surface area contributed by atoms with Gasteiger partial charge in [0.2, 0.25) is 0 Å². The van der Waals surface area contributed by atoms with E-state index in [-0.39, 0.29) is 6.92 Å². The predicted octanol–water partition coefficient (Wildman–Crippen LogP) is 7.78. The molecule has 0 amide bonds. The minimum Gasteiger partial charge on any atom is -0.171 e. The van der Waals surface area contributed by atoms with Crippen molar-refractivity contribution in [2.24, 2.45) is 5.92 Å². The second-order valence-corrected chi connectivity index (χ2v) is 2.77. The fourth-order valence-corrected chi connectivity index (χ4v) is 0.186. The highest BCUT2D eigenvalue weighted by Crippen LogP contribution is 2.38. The van der Waals surface area contributed by atoms with Crippen LogP contribution in [0.25, 0.3) is 0 Å². The van der Waals surface area contributed by atoms with Crippen molar-refractivity contribution in [3.63, 3.8) is 0 Å². The van der Waals surface area contributed by atoms with Gasteiger partial charge in [-0.3, -0.25) is 0 Å². The summed E-state index contributed by atoms with van der Waals surface area (Å²) in [6.07, 6.45) is -15.1. The maximum absolute atomic E-state index is 11.2. The highest BCUT2D eigenvalue weighted by molar-refractivity contribution is 4.69. The summed E-state index contributed by atoms with van der Waals surface area (Å²) in [4.78, 5) is 0. The van der Waals surface area contributed by atoms with Crippen LogP contribution in [0.2, 0.25) is 0 Å². The first kappa shape index (κ1) is 33.1. The van der Waals surface area contributed by atoms with E-state index in [2.05, 4.69) is 0 Å². The van der Waals surface area contributed by atoms with Crippen molar-refractivity contribution in [3.8, 4) is 0 Å². The molecule has 0 saturated heterocycles. The first-order chi connectivity index (χ1) is 9.72. The average molecular weight is 354 g/mol. The third-order valence-electron chi connectivity index (χ3n) is 1.38. The van der Waals surface area contributed by atoms with Gasteiger partial charge < -0.3 is 0 Å². The molecule has 9 heteroatoms. The summed E-state index contributed by atoms with van der Waals surface area (Å²) in [7, 11) is 0. The normalized spacial score (nSPS) is 10.6. The van der Waals surface area contributed by atoms with Crippen molar-refractivity contribution in [2.45, 2.75) is 80.3 Å². The van der Waals surface area contributed by atoms with E-state index < -0.39 is 30.9 Å². The molecule has 0 aliphatic rings. The summed E-state index contributed by atoms with van der Waals surface area (Å²) in [6, 6.07) is 0. The number of hydrogen-bond acceptors (Lipinski definition) is 0. The van der Waals surface area contributed by atoms with Crippen LogP contribution in [0.3, 0.4) is 0 Å². The molecule has 142 valence electrons. The average Bonchev–Trinajstić information content (AvgIpc) is 2.42. The quantitative estimate of drug-likeness (QED) is 0.390. The molecule has 0 fully saturated rings. The van der Waals surface area contributed by atoms with E-state index in [0.717, 1.165) is 6.92 Å². The number of rotatable bonds is 0. The van der Waals surface area contributed by atoms with Gasteiger partial charge in [0.15, 0.2) is 0 Å². The lowest BCUT2D eigenvalue weighted by Crippen LogP contribution is -2.33. The lowest BCUT2D eigenvalue weighted by Gasteiger charge is -2.17. The maximum Gasteiger partial charge on any atom is 0.400 e. The van der Waals surface area contributed by atoms with Crippen molar-refractivity contribution in [1.82, 2.24) is 0 Å². The SMILES string of the molecule is CC.CC.CC.CC(C(F)(F)F)C(F)(F)F.CCC(F)(F)F. The standard InChI is InChI=1S/C4H4F6.C3H5F3.3C2H6/c1-2(3(5,6)7)4(8,9)10;1-2-3(4,5)6;3*1-2/h2H,1H3;2H2,1H3;3*1-2H3. The van der Waals surface area contributed by atoms with E-state index in [1.165, 1.54) is 0 Å². The second kappa shape index (κ2) is 16.7. The summed E-state index contributed by atoms with van der Waals surface area (Å²) in [5.41, 5.74) is 0. The molecule has 0 spiro atoms. The Hall–Kier alpha value is -0.630. The van der Waals surface area contributed by atoms with Crippen LogP contribution < -0.4 is 0 Å². The third kappa shape index (κ3) is 31.7. The van der Waals surface area contributed by atoms with Gasteiger partial charge >= 0.3 is 18.5 Å². The molecule has 0 heterocycles. The van der Waals surface area contributed by atoms with E-state index in [9.17, 15) is 39.5 Å². The monoisotopic (exact) mass is 354 g/mol. The minimum absolute atomic E-state index is 0.0833. The highest BCUT2D eigenvalue weighted by Gasteiger charge is 2.53. The molecule has 0 aliphatic heterocycles. The van der Waals surface area contributed by atoms with Gasteiger partial charge in [-0.2, -0.15) is 39.5 Å². The molecule has 0 radical (unpaired) electrons. The Labute approximate surface area is 127 Å². The first-order valence-corrected chi connectivity index (χ1v) is 6.92. The Morgan fingerprint density at radius 2 is 0.727 bits per heavy atom. The molecule has 0 atom stereocenters. The topological polar surface area (TPSA) is 0 Å². The summed E-state index contributed by atoms with van der Waals surface area (Å²) < 4.78 is 99.7. The Balaban J connectivity index is -0.0000000687. The van der Waals surface area contributed by atoms with Crippen molar-refractivity contribution in [3.05, 3.63) is 0 Å². The number of hydrogen-bond donors (Lipinski definition) is 0. The lowest BCUT2D eigenvalue weighted by atomic mass is 10.2. The lowest BCUT2D eigenvalue weighted by molar-refractivity contribution is -0.278. The van der Waals surface area contributed by atoms with Gasteiger partial charge in [0.1, 0.15) is 5.92 Å². The fourth-order valence-electron chi connectivity index (χ4n) is 0.186. The Morgan fingerprint density at radius 3 is 0.727 bits per heavy atom. The zero-order valence-corrected chi connectivity index (χ0v) is 14.2. The molecule has 0 rings (SSSR count). The molecule has 0 nitrogen and oxygen atoms in total. The van der Waals surface area contributed by atoms with Crippen LogP contribution in [-0.2, 0) is 0 Å². The summed E-state index contributed by atoms with van der Waals surface area (Å²) in [5, 5.41) is 0. The maximum atomic E-state index is 11.2. The summed E-state index contributed by atoms with van der Waals surface area (Å²) in [6.45, 7) is 13.2. The van der Waals surface area contributed by atoms with Gasteiger partial charge in [-0.1, -0.05) is 48.5 Å². The van der Waals surface area contributed by atoms with E-state index in [0.29, 0.717) is 0 Å². The van der Waals surface area contributed by atoms with Gasteiger partial charge in [-0.25, -0.2) is 0 Å². The van der Waals surface area contributed by atoms with Crippen LogP contribution in [0.4, 0.5) is 39.5 Å². The van der Waals surface area contributed by atoms with Crippen LogP contribution in [0, 0.1) is 5.92 Å². The number of alkyl halides is 9. The Kier molecular flexibility index (Phi) is 25.2. The van der Waals surface area contributed by atoms with Crippen LogP contribution >= 0.6 is 0 Å². The van der Waals surface area contributed by atoms with E-state index >= 15 is 0 Å². The highest BCUT2D eigenvalue weighted by atomic mass is 19.4. The van der Waals surface area contributed by atoms with Crippen LogP contribution in [-0.4, -0.2) is 18.5 Å². The minimum atomic E-state index is -5.18. The first-order valence-electron chi connectivity index (χ1n) is 6.92.